The second-order valence-corrected chi connectivity index (χ2v) is 8.55. The van der Waals surface area contributed by atoms with Crippen LogP contribution in [0.5, 0.6) is 0 Å². The van der Waals surface area contributed by atoms with Crippen LogP contribution in [-0.4, -0.2) is 85.0 Å². The molecular weight excluding hydrogens is 384 g/mol. The van der Waals surface area contributed by atoms with Crippen molar-refractivity contribution < 1.29 is 17.9 Å². The number of carbonyl (C=O) groups is 1. The van der Waals surface area contributed by atoms with Gasteiger partial charge in [0.2, 0.25) is 0 Å². The van der Waals surface area contributed by atoms with Crippen molar-refractivity contribution in [2.24, 2.45) is 0 Å². The molecule has 11 heteroatoms. The van der Waals surface area contributed by atoms with E-state index < -0.39 is 10.2 Å². The fourth-order valence-electron chi connectivity index (χ4n) is 2.86. The molecule has 3 rings (SSSR count). The number of nitrogens with zero attached hydrogens (tertiary/aromatic N) is 5. The Morgan fingerprint density at radius 1 is 1.32 bits per heavy atom. The minimum Gasteiger partial charge on any atom is -0.377 e. The van der Waals surface area contributed by atoms with Crippen LogP contribution in [-0.2, 0) is 14.9 Å². The van der Waals surface area contributed by atoms with E-state index in [-0.39, 0.29) is 24.2 Å². The van der Waals surface area contributed by atoms with E-state index in [1.807, 2.05) is 30.3 Å². The van der Waals surface area contributed by atoms with Gasteiger partial charge >= 0.3 is 0 Å². The topological polar surface area (TPSA) is 110 Å². The first-order valence-corrected chi connectivity index (χ1v) is 10.4. The Morgan fingerprint density at radius 3 is 2.79 bits per heavy atom. The molecule has 1 fully saturated rings. The van der Waals surface area contributed by atoms with Gasteiger partial charge in [-0.05, 0) is 18.6 Å². The standard InChI is InChI=1S/C17H24N6O4S/c1-21(2)28(25,26)18-9-8-15-13-27-11-10-22(15)17(24)16-12-23(20-19-16)14-6-4-3-5-7-14/h3-7,12,15,18H,8-11,13H2,1-2H3. The number of ether oxygens (including phenoxy) is 1. The van der Waals surface area contributed by atoms with E-state index in [2.05, 4.69) is 15.0 Å². The summed E-state index contributed by atoms with van der Waals surface area (Å²) in [7, 11) is -0.590. The van der Waals surface area contributed by atoms with Crippen LogP contribution in [0.15, 0.2) is 36.5 Å². The number of hydrogen-bond donors (Lipinski definition) is 1. The summed E-state index contributed by atoms with van der Waals surface area (Å²) in [6, 6.07) is 9.16. The van der Waals surface area contributed by atoms with Crippen molar-refractivity contribution in [3.63, 3.8) is 0 Å². The van der Waals surface area contributed by atoms with Gasteiger partial charge in [0.15, 0.2) is 5.69 Å². The molecule has 0 aliphatic carbocycles. The van der Waals surface area contributed by atoms with Gasteiger partial charge in [0.25, 0.3) is 16.1 Å². The molecule has 152 valence electrons. The van der Waals surface area contributed by atoms with Crippen LogP contribution in [0.4, 0.5) is 0 Å². The number of benzene rings is 1. The number of nitrogens with one attached hydrogen (secondary N) is 1. The summed E-state index contributed by atoms with van der Waals surface area (Å²) in [5.41, 5.74) is 1.05. The average molecular weight is 408 g/mol. The van der Waals surface area contributed by atoms with E-state index in [1.54, 1.807) is 15.8 Å². The number of aromatic nitrogens is 3. The Balaban J connectivity index is 1.66. The van der Waals surface area contributed by atoms with E-state index in [9.17, 15) is 13.2 Å². The second kappa shape index (κ2) is 8.78. The van der Waals surface area contributed by atoms with E-state index in [0.717, 1.165) is 9.99 Å². The molecule has 2 heterocycles. The second-order valence-electron chi connectivity index (χ2n) is 6.58. The minimum absolute atomic E-state index is 0.203. The molecule has 1 unspecified atom stereocenters. The highest BCUT2D eigenvalue weighted by molar-refractivity contribution is 7.87. The maximum absolute atomic E-state index is 12.9. The molecule has 0 bridgehead atoms. The van der Waals surface area contributed by atoms with E-state index in [4.69, 9.17) is 4.74 Å². The molecule has 1 aliphatic rings. The number of para-hydroxylation sites is 1. The Bertz CT molecular complexity index is 899. The number of hydrogen-bond acceptors (Lipinski definition) is 6. The van der Waals surface area contributed by atoms with Crippen LogP contribution < -0.4 is 4.72 Å². The molecular formula is C17H24N6O4S. The average Bonchev–Trinajstić information content (AvgIpc) is 3.18. The van der Waals surface area contributed by atoms with Crippen LogP contribution in [0, 0.1) is 0 Å². The molecule has 1 atom stereocenters. The quantitative estimate of drug-likeness (QED) is 0.685. The Hall–Kier alpha value is -2.34. The van der Waals surface area contributed by atoms with Crippen LogP contribution >= 0.6 is 0 Å². The largest absolute Gasteiger partial charge is 0.377 e. The van der Waals surface area contributed by atoms with Crippen LogP contribution in [0.25, 0.3) is 5.69 Å². The lowest BCUT2D eigenvalue weighted by molar-refractivity contribution is -0.00399. The third kappa shape index (κ3) is 4.73. The summed E-state index contributed by atoms with van der Waals surface area (Å²) in [6.45, 7) is 1.40. The normalized spacial score (nSPS) is 17.8. The van der Waals surface area contributed by atoms with Gasteiger partial charge in [-0.2, -0.15) is 12.7 Å². The maximum atomic E-state index is 12.9. The molecule has 28 heavy (non-hydrogen) atoms. The fraction of sp³-hybridized carbons (Fsp3) is 0.471. The number of carbonyl (C=O) groups excluding carboxylic acids is 1. The zero-order valence-electron chi connectivity index (χ0n) is 15.9. The molecule has 0 saturated carbocycles. The molecule has 1 saturated heterocycles. The lowest BCUT2D eigenvalue weighted by Crippen LogP contribution is -2.50. The van der Waals surface area contributed by atoms with Gasteiger partial charge in [-0.1, -0.05) is 23.4 Å². The highest BCUT2D eigenvalue weighted by Gasteiger charge is 2.30. The predicted molar refractivity (Wildman–Crippen MR) is 102 cm³/mol. The van der Waals surface area contributed by atoms with Crippen molar-refractivity contribution in [2.75, 3.05) is 40.4 Å². The third-order valence-electron chi connectivity index (χ3n) is 4.46. The van der Waals surface area contributed by atoms with Gasteiger partial charge in [0.05, 0.1) is 31.1 Å². The number of morpholine rings is 1. The minimum atomic E-state index is -3.50. The van der Waals surface area contributed by atoms with Crippen LogP contribution in [0.2, 0.25) is 0 Å². The predicted octanol–water partition coefficient (Wildman–Crippen LogP) is -0.106. The summed E-state index contributed by atoms with van der Waals surface area (Å²) in [5.74, 6) is -0.244. The molecule has 10 nitrogen and oxygen atoms in total. The highest BCUT2D eigenvalue weighted by Crippen LogP contribution is 2.15. The van der Waals surface area contributed by atoms with Gasteiger partial charge in [-0.3, -0.25) is 4.79 Å². The molecule has 0 spiro atoms. The fourth-order valence-corrected chi connectivity index (χ4v) is 3.49. The Labute approximate surface area is 164 Å². The summed E-state index contributed by atoms with van der Waals surface area (Å²) in [5, 5.41) is 8.04. The molecule has 1 aromatic heterocycles. The molecule has 1 aromatic carbocycles. The summed E-state index contributed by atoms with van der Waals surface area (Å²) < 4.78 is 34.3. The highest BCUT2D eigenvalue weighted by atomic mass is 32.2. The van der Waals surface area contributed by atoms with Gasteiger partial charge < -0.3 is 9.64 Å². The summed E-state index contributed by atoms with van der Waals surface area (Å²) in [4.78, 5) is 14.6. The Kier molecular flexibility index (Phi) is 6.39. The molecule has 1 aliphatic heterocycles. The zero-order chi connectivity index (χ0) is 20.1. The van der Waals surface area contributed by atoms with Crippen molar-refractivity contribution in [1.29, 1.82) is 0 Å². The first-order chi connectivity index (χ1) is 13.4. The lowest BCUT2D eigenvalue weighted by atomic mass is 10.1. The first-order valence-electron chi connectivity index (χ1n) is 8.92. The van der Waals surface area contributed by atoms with E-state index >= 15 is 0 Å². The summed E-state index contributed by atoms with van der Waals surface area (Å²) in [6.07, 6.45) is 2.03. The molecule has 1 N–H and O–H groups in total. The van der Waals surface area contributed by atoms with Crippen molar-refractivity contribution in [1.82, 2.24) is 28.9 Å². The zero-order valence-corrected chi connectivity index (χ0v) is 16.7. The number of amides is 1. The van der Waals surface area contributed by atoms with Crippen molar-refractivity contribution >= 4 is 16.1 Å². The van der Waals surface area contributed by atoms with Crippen LogP contribution in [0.1, 0.15) is 16.9 Å². The van der Waals surface area contributed by atoms with Crippen molar-refractivity contribution in [3.8, 4) is 5.69 Å². The van der Waals surface area contributed by atoms with Crippen LogP contribution in [0.3, 0.4) is 0 Å². The third-order valence-corrected chi connectivity index (χ3v) is 5.99. The van der Waals surface area contributed by atoms with E-state index in [0.29, 0.717) is 26.2 Å². The first kappa shape index (κ1) is 20.4. The molecule has 0 radical (unpaired) electrons. The van der Waals surface area contributed by atoms with Gasteiger partial charge in [-0.15, -0.1) is 5.10 Å². The van der Waals surface area contributed by atoms with E-state index in [1.165, 1.54) is 14.1 Å². The maximum Gasteiger partial charge on any atom is 0.278 e. The van der Waals surface area contributed by atoms with Crippen molar-refractivity contribution in [2.45, 2.75) is 12.5 Å². The van der Waals surface area contributed by atoms with Gasteiger partial charge in [0.1, 0.15) is 0 Å². The van der Waals surface area contributed by atoms with Gasteiger partial charge in [-0.25, -0.2) is 9.40 Å². The van der Waals surface area contributed by atoms with Gasteiger partial charge in [0, 0.05) is 27.2 Å². The SMILES string of the molecule is CN(C)S(=O)(=O)NCCC1COCCN1C(=O)c1cn(-c2ccccc2)nn1. The monoisotopic (exact) mass is 408 g/mol. The summed E-state index contributed by atoms with van der Waals surface area (Å²) >= 11 is 0. The van der Waals surface area contributed by atoms with Crippen molar-refractivity contribution in [3.05, 3.63) is 42.2 Å². The molecule has 1 amide bonds. The molecule has 2 aromatic rings. The number of rotatable bonds is 7. The smallest absolute Gasteiger partial charge is 0.278 e. The Morgan fingerprint density at radius 2 is 2.07 bits per heavy atom. The lowest BCUT2D eigenvalue weighted by Gasteiger charge is -2.35.